The number of hydrogen-bond donors (Lipinski definition) is 8. The number of carbonyl (C=O) groups excluding carboxylic acids is 7. The minimum absolute atomic E-state index is 0.0179. The summed E-state index contributed by atoms with van der Waals surface area (Å²) < 4.78 is 11.9. The zero-order chi connectivity index (χ0) is 49.5. The van der Waals surface area contributed by atoms with Crippen molar-refractivity contribution in [2.75, 3.05) is 26.7 Å². The largest absolute Gasteiger partial charge is 0.458 e. The Labute approximate surface area is 392 Å². The molecule has 4 heterocycles. The molecule has 4 saturated heterocycles. The zero-order valence-electron chi connectivity index (χ0n) is 40.0. The maximum Gasteiger partial charge on any atom is 0.331 e. The SMILES string of the molecule is CC[C@H](C)C[C@@H]1CC[C@@](O)([C@](C)(O)C(=O)N[C@@H]2C(=O)N3NCCC[C@H]3C(=O)N(O)[C@H](C)C(=O)N(C)[C@H](Cc3ccccc3)C(=O)N3NCCC[C@@H]3C(=O)N[C@H](CO)C(=O)O[C@@H]2C(C)C)O[C@H]1C. The van der Waals surface area contributed by atoms with Crippen LogP contribution in [0.15, 0.2) is 30.3 Å². The highest BCUT2D eigenvalue weighted by molar-refractivity contribution is 5.97. The molecule has 374 valence electrons. The number of hydroxylamine groups is 2. The van der Waals surface area contributed by atoms with Crippen LogP contribution in [0.1, 0.15) is 105 Å². The second-order valence-corrected chi connectivity index (χ2v) is 19.1. The number of benzene rings is 1. The van der Waals surface area contributed by atoms with E-state index in [-0.39, 0.29) is 49.8 Å². The van der Waals surface area contributed by atoms with Crippen LogP contribution < -0.4 is 21.5 Å². The van der Waals surface area contributed by atoms with E-state index in [1.165, 1.54) is 14.0 Å². The van der Waals surface area contributed by atoms with Gasteiger partial charge in [-0.25, -0.2) is 20.7 Å². The fourth-order valence-electron chi connectivity index (χ4n) is 9.27. The Morgan fingerprint density at radius 1 is 0.925 bits per heavy atom. The number of nitrogens with one attached hydrogen (secondary N) is 4. The second-order valence-electron chi connectivity index (χ2n) is 19.1. The molecule has 1 aromatic carbocycles. The third-order valence-electron chi connectivity index (χ3n) is 14.0. The molecule has 21 heteroatoms. The predicted molar refractivity (Wildman–Crippen MR) is 239 cm³/mol. The van der Waals surface area contributed by atoms with E-state index < -0.39 is 114 Å². The molecule has 4 aliphatic heterocycles. The molecule has 0 aromatic heterocycles. The summed E-state index contributed by atoms with van der Waals surface area (Å²) in [5, 5.41) is 52.9. The number of aliphatic hydroxyl groups excluding tert-OH is 1. The van der Waals surface area contributed by atoms with Crippen LogP contribution in [0.2, 0.25) is 0 Å². The van der Waals surface area contributed by atoms with Gasteiger partial charge < -0.3 is 40.3 Å². The van der Waals surface area contributed by atoms with Gasteiger partial charge in [0.05, 0.1) is 12.7 Å². The Hall–Kier alpha value is -4.77. The summed E-state index contributed by atoms with van der Waals surface area (Å²) in [4.78, 5) is 102. The smallest absolute Gasteiger partial charge is 0.331 e. The first-order valence-corrected chi connectivity index (χ1v) is 23.6. The van der Waals surface area contributed by atoms with Gasteiger partial charge in [-0.15, -0.1) is 0 Å². The van der Waals surface area contributed by atoms with Gasteiger partial charge in [-0.05, 0) is 82.6 Å². The maximum atomic E-state index is 15.0. The number of likely N-dealkylation sites (N-methyl/N-ethyl adjacent to an activating group) is 1. The molecule has 4 aliphatic rings. The monoisotopic (exact) mass is 945 g/mol. The molecule has 67 heavy (non-hydrogen) atoms. The van der Waals surface area contributed by atoms with E-state index >= 15 is 4.79 Å². The van der Waals surface area contributed by atoms with Crippen molar-refractivity contribution >= 4 is 41.4 Å². The standard InChI is InChI=1S/C46H72N8O13/c1-9-27(4)23-31-19-20-46(64,67-29(31)6)45(7,63)44(62)50-36-37(26(2)3)66-43(61)32(25-55)49-38(56)33-17-13-21-47-52(33)40(58)35(24-30-15-11-10-12-16-30)51(8)39(57)28(5)54(65)41(59)34-18-14-22-48-53(34)42(36)60/h10-12,15-16,26-29,31-37,47-48,55,63-65H,9,13-14,17-25H2,1-8H3,(H,49,56)(H,50,62)/t27-,28+,29-,31-,32+,33+,34-,35+,36-,37+,45+,46-/m0/s1. The van der Waals surface area contributed by atoms with Crippen molar-refractivity contribution in [3.05, 3.63) is 35.9 Å². The summed E-state index contributed by atoms with van der Waals surface area (Å²) in [5.74, 6) is -10.0. The van der Waals surface area contributed by atoms with Gasteiger partial charge in [0.25, 0.3) is 23.6 Å². The Morgan fingerprint density at radius 2 is 1.54 bits per heavy atom. The second kappa shape index (κ2) is 22.6. The van der Waals surface area contributed by atoms with Gasteiger partial charge in [-0.1, -0.05) is 64.4 Å². The van der Waals surface area contributed by atoms with Crippen LogP contribution in [0.3, 0.4) is 0 Å². The van der Waals surface area contributed by atoms with Crippen molar-refractivity contribution in [2.45, 2.75) is 166 Å². The predicted octanol–water partition coefficient (Wildman–Crippen LogP) is -0.112. The summed E-state index contributed by atoms with van der Waals surface area (Å²) in [5.41, 5.74) is 3.71. The normalized spacial score (nSPS) is 32.5. The van der Waals surface area contributed by atoms with Gasteiger partial charge >= 0.3 is 5.97 Å². The highest BCUT2D eigenvalue weighted by atomic mass is 16.6. The number of ether oxygens (including phenoxy) is 2. The molecule has 0 aliphatic carbocycles. The summed E-state index contributed by atoms with van der Waals surface area (Å²) in [7, 11) is 1.33. The molecule has 0 bridgehead atoms. The topological polar surface area (TPSA) is 280 Å². The molecular weight excluding hydrogens is 873 g/mol. The van der Waals surface area contributed by atoms with E-state index in [0.717, 1.165) is 34.7 Å². The minimum atomic E-state index is -2.72. The first kappa shape index (κ1) is 53.2. The van der Waals surface area contributed by atoms with Crippen molar-refractivity contribution in [3.8, 4) is 0 Å². The van der Waals surface area contributed by atoms with Crippen molar-refractivity contribution in [1.29, 1.82) is 0 Å². The highest BCUT2D eigenvalue weighted by Crippen LogP contribution is 2.41. The third-order valence-corrected chi connectivity index (χ3v) is 14.0. The summed E-state index contributed by atoms with van der Waals surface area (Å²) in [6, 6.07) is -0.638. The number of amides is 6. The molecule has 4 fully saturated rings. The lowest BCUT2D eigenvalue weighted by Crippen LogP contribution is -2.70. The molecule has 21 nitrogen and oxygen atoms in total. The van der Waals surface area contributed by atoms with Crippen molar-refractivity contribution in [1.82, 2.24) is 41.5 Å². The van der Waals surface area contributed by atoms with Crippen LogP contribution in [0, 0.1) is 17.8 Å². The number of hydrogen-bond acceptors (Lipinski definition) is 15. The number of carbonyl (C=O) groups is 7. The van der Waals surface area contributed by atoms with E-state index in [9.17, 15) is 49.3 Å². The molecule has 1 aromatic rings. The van der Waals surface area contributed by atoms with E-state index in [2.05, 4.69) is 35.3 Å². The van der Waals surface area contributed by atoms with Crippen molar-refractivity contribution < 1.29 is 63.6 Å². The average Bonchev–Trinajstić information content (AvgIpc) is 3.32. The highest BCUT2D eigenvalue weighted by Gasteiger charge is 2.57. The van der Waals surface area contributed by atoms with Crippen LogP contribution in [0.25, 0.3) is 0 Å². The number of nitrogens with zero attached hydrogens (tertiary/aromatic N) is 4. The van der Waals surface area contributed by atoms with E-state index in [0.29, 0.717) is 30.7 Å². The van der Waals surface area contributed by atoms with Gasteiger partial charge in [0.1, 0.15) is 36.3 Å². The van der Waals surface area contributed by atoms with E-state index in [1.807, 2.05) is 0 Å². The van der Waals surface area contributed by atoms with Crippen LogP contribution in [0.5, 0.6) is 0 Å². The van der Waals surface area contributed by atoms with Gasteiger partial charge in [0, 0.05) is 33.0 Å². The molecular formula is C46H72N8O13. The molecule has 6 amide bonds. The Kier molecular flexibility index (Phi) is 17.9. The number of aliphatic hydroxyl groups is 3. The first-order valence-electron chi connectivity index (χ1n) is 23.6. The quantitative estimate of drug-likeness (QED) is 0.112. The molecule has 5 rings (SSSR count). The number of fused-ring (bicyclic) bond motifs is 2. The van der Waals surface area contributed by atoms with Crippen LogP contribution >= 0.6 is 0 Å². The average molecular weight is 945 g/mol. The summed E-state index contributed by atoms with van der Waals surface area (Å²) in [6.45, 7) is 10.7. The van der Waals surface area contributed by atoms with Gasteiger partial charge in [-0.3, -0.25) is 44.0 Å². The van der Waals surface area contributed by atoms with Gasteiger partial charge in [0.2, 0.25) is 17.6 Å². The minimum Gasteiger partial charge on any atom is -0.458 e. The van der Waals surface area contributed by atoms with E-state index in [1.54, 1.807) is 51.1 Å². The van der Waals surface area contributed by atoms with Crippen LogP contribution in [-0.4, -0.2) is 169 Å². The fourth-order valence-corrected chi connectivity index (χ4v) is 9.27. The third kappa shape index (κ3) is 11.7. The molecule has 8 N–H and O–H groups in total. The van der Waals surface area contributed by atoms with E-state index in [4.69, 9.17) is 9.47 Å². The van der Waals surface area contributed by atoms with Crippen molar-refractivity contribution in [2.24, 2.45) is 17.8 Å². The Morgan fingerprint density at radius 3 is 2.12 bits per heavy atom. The number of esters is 1. The van der Waals surface area contributed by atoms with Crippen LogP contribution in [0.4, 0.5) is 0 Å². The molecule has 0 spiro atoms. The molecule has 0 saturated carbocycles. The number of cyclic esters (lactones) is 1. The molecule has 12 atom stereocenters. The van der Waals surface area contributed by atoms with Gasteiger partial charge in [0.15, 0.2) is 11.6 Å². The Bertz CT molecular complexity index is 1940. The van der Waals surface area contributed by atoms with Crippen LogP contribution in [-0.2, 0) is 49.5 Å². The summed E-state index contributed by atoms with van der Waals surface area (Å²) >= 11 is 0. The lowest BCUT2D eigenvalue weighted by molar-refractivity contribution is -0.326. The maximum absolute atomic E-state index is 15.0. The zero-order valence-corrected chi connectivity index (χ0v) is 40.0. The number of hydrazine groups is 2. The van der Waals surface area contributed by atoms with Crippen molar-refractivity contribution in [3.63, 3.8) is 0 Å². The Balaban J connectivity index is 1.57. The fraction of sp³-hybridized carbons (Fsp3) is 0.717. The first-order chi connectivity index (χ1) is 31.6. The number of rotatable bonds is 10. The van der Waals surface area contributed by atoms with Gasteiger partial charge in [-0.2, -0.15) is 0 Å². The lowest BCUT2D eigenvalue weighted by Gasteiger charge is -2.47. The molecule has 0 radical (unpaired) electrons. The lowest BCUT2D eigenvalue weighted by atomic mass is 9.79. The summed E-state index contributed by atoms with van der Waals surface area (Å²) in [6.07, 6.45) is 0.495. The molecule has 0 unspecified atom stereocenters.